The first-order valence-corrected chi connectivity index (χ1v) is 4.08. The Hall–Kier alpha value is -1.34. The summed E-state index contributed by atoms with van der Waals surface area (Å²) in [6, 6.07) is 14.5. The van der Waals surface area contributed by atoms with E-state index in [1.165, 1.54) is 16.3 Å². The lowest BCUT2D eigenvalue weighted by atomic mass is 10.1. The molecule has 2 rings (SSSR count). The lowest BCUT2D eigenvalue weighted by Gasteiger charge is -2.02. The molecule has 2 N–H and O–H groups in total. The summed E-state index contributed by atoms with van der Waals surface area (Å²) in [6.45, 7) is 0.612. The first kappa shape index (κ1) is 7.32. The van der Waals surface area contributed by atoms with Gasteiger partial charge < -0.3 is 5.73 Å². The quantitative estimate of drug-likeness (QED) is 0.680. The number of rotatable bonds is 1. The van der Waals surface area contributed by atoms with Gasteiger partial charge >= 0.3 is 0 Å². The molecule has 0 aliphatic rings. The molecule has 0 saturated carbocycles. The monoisotopic (exact) mass is 159 g/mol. The van der Waals surface area contributed by atoms with Crippen molar-refractivity contribution in [2.45, 2.75) is 6.54 Å². The van der Waals surface area contributed by atoms with E-state index in [1.54, 1.807) is 0 Å². The minimum atomic E-state index is 0. The number of fused-ring (bicyclic) bond motifs is 1. The van der Waals surface area contributed by atoms with Gasteiger partial charge in [0.2, 0.25) is 0 Å². The van der Waals surface area contributed by atoms with E-state index in [-0.39, 0.29) is 1.43 Å². The van der Waals surface area contributed by atoms with E-state index in [2.05, 4.69) is 24.3 Å². The molecule has 0 unspecified atom stereocenters. The SMILES string of the molecule is NCc1cccc2ccccc12.[HH]. The average molecular weight is 159 g/mol. The summed E-state index contributed by atoms with van der Waals surface area (Å²) in [6.07, 6.45) is 0. The van der Waals surface area contributed by atoms with E-state index in [1.807, 2.05) is 18.2 Å². The summed E-state index contributed by atoms with van der Waals surface area (Å²) in [5.74, 6) is 0. The van der Waals surface area contributed by atoms with Gasteiger partial charge in [0.25, 0.3) is 0 Å². The van der Waals surface area contributed by atoms with Crippen molar-refractivity contribution < 1.29 is 1.43 Å². The van der Waals surface area contributed by atoms with E-state index in [9.17, 15) is 0 Å². The van der Waals surface area contributed by atoms with Crippen molar-refractivity contribution in [1.82, 2.24) is 0 Å². The molecule has 0 spiro atoms. The van der Waals surface area contributed by atoms with Crippen molar-refractivity contribution >= 4 is 10.8 Å². The topological polar surface area (TPSA) is 26.0 Å². The van der Waals surface area contributed by atoms with Gasteiger partial charge in [0.1, 0.15) is 0 Å². The van der Waals surface area contributed by atoms with Gasteiger partial charge in [0, 0.05) is 7.97 Å². The standard InChI is InChI=1S/C11H11N.H2/c12-8-10-6-3-5-9-4-1-2-7-11(9)10;/h1-7H,8,12H2;1H. The highest BCUT2D eigenvalue weighted by Crippen LogP contribution is 2.17. The third-order valence-electron chi connectivity index (χ3n) is 2.10. The van der Waals surface area contributed by atoms with Gasteiger partial charge in [-0.15, -0.1) is 0 Å². The Bertz CT molecular complexity index is 393. The summed E-state index contributed by atoms with van der Waals surface area (Å²) in [4.78, 5) is 0. The van der Waals surface area contributed by atoms with Gasteiger partial charge in [-0.05, 0) is 16.3 Å². The second kappa shape index (κ2) is 2.95. The van der Waals surface area contributed by atoms with Gasteiger partial charge in [-0.25, -0.2) is 0 Å². The van der Waals surface area contributed by atoms with Crippen molar-refractivity contribution in [1.29, 1.82) is 0 Å². The summed E-state index contributed by atoms with van der Waals surface area (Å²) < 4.78 is 0. The zero-order valence-electron chi connectivity index (χ0n) is 6.83. The zero-order valence-corrected chi connectivity index (χ0v) is 6.83. The normalized spacial score (nSPS) is 10.4. The van der Waals surface area contributed by atoms with Crippen LogP contribution in [0.2, 0.25) is 0 Å². The van der Waals surface area contributed by atoms with Crippen LogP contribution in [0.1, 0.15) is 6.99 Å². The predicted octanol–water partition coefficient (Wildman–Crippen LogP) is 2.54. The fraction of sp³-hybridized carbons (Fsp3) is 0.0909. The van der Waals surface area contributed by atoms with E-state index >= 15 is 0 Å². The van der Waals surface area contributed by atoms with Crippen LogP contribution in [-0.4, -0.2) is 0 Å². The molecule has 2 aromatic rings. The summed E-state index contributed by atoms with van der Waals surface area (Å²) >= 11 is 0. The maximum absolute atomic E-state index is 5.62. The largest absolute Gasteiger partial charge is 0.326 e. The van der Waals surface area contributed by atoms with Gasteiger partial charge in [-0.3, -0.25) is 0 Å². The average Bonchev–Trinajstić information content (AvgIpc) is 2.17. The van der Waals surface area contributed by atoms with Crippen LogP contribution in [-0.2, 0) is 6.54 Å². The Morgan fingerprint density at radius 3 is 2.58 bits per heavy atom. The first-order valence-electron chi connectivity index (χ1n) is 4.08. The molecule has 0 amide bonds. The van der Waals surface area contributed by atoms with Gasteiger partial charge in [-0.1, -0.05) is 42.5 Å². The van der Waals surface area contributed by atoms with Crippen molar-refractivity contribution in [3.63, 3.8) is 0 Å². The number of nitrogens with two attached hydrogens (primary N) is 1. The molecule has 0 aliphatic carbocycles. The molecular weight excluding hydrogens is 146 g/mol. The van der Waals surface area contributed by atoms with Crippen LogP contribution < -0.4 is 5.73 Å². The minimum Gasteiger partial charge on any atom is -0.326 e. The Kier molecular flexibility index (Phi) is 1.80. The number of hydrogen-bond donors (Lipinski definition) is 1. The van der Waals surface area contributed by atoms with Gasteiger partial charge in [0.15, 0.2) is 0 Å². The van der Waals surface area contributed by atoms with Crippen LogP contribution in [0, 0.1) is 0 Å². The Balaban J connectivity index is 0.000000845. The van der Waals surface area contributed by atoms with Gasteiger partial charge in [-0.2, -0.15) is 0 Å². The molecule has 0 radical (unpaired) electrons. The molecule has 0 fully saturated rings. The van der Waals surface area contributed by atoms with Crippen molar-refractivity contribution in [2.75, 3.05) is 0 Å². The van der Waals surface area contributed by atoms with E-state index in [0.29, 0.717) is 6.54 Å². The third kappa shape index (κ3) is 1.08. The maximum Gasteiger partial charge on any atom is 0.0184 e. The van der Waals surface area contributed by atoms with Crippen LogP contribution in [0.3, 0.4) is 0 Å². The van der Waals surface area contributed by atoms with E-state index in [4.69, 9.17) is 5.73 Å². The molecule has 0 aliphatic heterocycles. The molecule has 0 aromatic heterocycles. The predicted molar refractivity (Wildman–Crippen MR) is 54.0 cm³/mol. The maximum atomic E-state index is 5.62. The molecule has 0 saturated heterocycles. The van der Waals surface area contributed by atoms with Crippen molar-refractivity contribution in [3.8, 4) is 0 Å². The lowest BCUT2D eigenvalue weighted by molar-refractivity contribution is 1.09. The first-order chi connectivity index (χ1) is 5.92. The highest BCUT2D eigenvalue weighted by molar-refractivity contribution is 5.85. The van der Waals surface area contributed by atoms with Crippen LogP contribution >= 0.6 is 0 Å². The Labute approximate surface area is 73.3 Å². The second-order valence-corrected chi connectivity index (χ2v) is 2.84. The molecule has 2 aromatic carbocycles. The highest BCUT2D eigenvalue weighted by Gasteiger charge is 1.95. The summed E-state index contributed by atoms with van der Waals surface area (Å²) in [5, 5.41) is 2.53. The van der Waals surface area contributed by atoms with E-state index in [0.717, 1.165) is 0 Å². The zero-order chi connectivity index (χ0) is 8.39. The smallest absolute Gasteiger partial charge is 0.0184 e. The Morgan fingerprint density at radius 1 is 1.00 bits per heavy atom. The summed E-state index contributed by atoms with van der Waals surface area (Å²) in [5.41, 5.74) is 6.83. The molecular formula is C11H13N. The van der Waals surface area contributed by atoms with Crippen LogP contribution in [0.4, 0.5) is 0 Å². The van der Waals surface area contributed by atoms with Crippen LogP contribution in [0.15, 0.2) is 42.5 Å². The Morgan fingerprint density at radius 2 is 1.75 bits per heavy atom. The number of hydrogen-bond acceptors (Lipinski definition) is 1. The third-order valence-corrected chi connectivity index (χ3v) is 2.10. The second-order valence-electron chi connectivity index (χ2n) is 2.84. The molecule has 1 heteroatoms. The van der Waals surface area contributed by atoms with Crippen molar-refractivity contribution in [3.05, 3.63) is 48.0 Å². The van der Waals surface area contributed by atoms with Crippen LogP contribution in [0.25, 0.3) is 10.8 Å². The highest BCUT2D eigenvalue weighted by atomic mass is 14.5. The van der Waals surface area contributed by atoms with Crippen LogP contribution in [0.5, 0.6) is 0 Å². The van der Waals surface area contributed by atoms with E-state index < -0.39 is 0 Å². The molecule has 62 valence electrons. The van der Waals surface area contributed by atoms with Gasteiger partial charge in [0.05, 0.1) is 0 Å². The molecule has 1 nitrogen and oxygen atoms in total. The fourth-order valence-corrected chi connectivity index (χ4v) is 1.47. The fourth-order valence-electron chi connectivity index (χ4n) is 1.47. The molecule has 12 heavy (non-hydrogen) atoms. The number of benzene rings is 2. The summed E-state index contributed by atoms with van der Waals surface area (Å²) in [7, 11) is 0. The minimum absolute atomic E-state index is 0. The van der Waals surface area contributed by atoms with Crippen molar-refractivity contribution in [2.24, 2.45) is 5.73 Å². The molecule has 0 heterocycles. The molecule has 0 bridgehead atoms. The lowest BCUT2D eigenvalue weighted by Crippen LogP contribution is -1.96. The molecule has 0 atom stereocenters.